The average molecular weight is 733 g/mol. The highest BCUT2D eigenvalue weighted by molar-refractivity contribution is 6.99. The quantitative estimate of drug-likeness (QED) is 0.206. The monoisotopic (exact) mass is 732 g/mol. The zero-order valence-electron chi connectivity index (χ0n) is 32.4. The first-order chi connectivity index (χ1) is 25.4. The summed E-state index contributed by atoms with van der Waals surface area (Å²) in [4.78, 5) is 23.1. The SMILES string of the molecule is Cc1cc2cnc(NC(=O)C3CC34CCOCC4)cc2cc1N1CCN(C2(C)COCC2O[Si](c2ccccc2)(c2ccccc2)C(C)(C)C)C[C@@H]1C. The Kier molecular flexibility index (Phi) is 9.55. The zero-order valence-corrected chi connectivity index (χ0v) is 33.4. The van der Waals surface area contributed by atoms with Crippen molar-refractivity contribution in [3.05, 3.63) is 90.6 Å². The van der Waals surface area contributed by atoms with Gasteiger partial charge in [0, 0.05) is 62.1 Å². The molecule has 4 atom stereocenters. The minimum Gasteiger partial charge on any atom is -0.400 e. The van der Waals surface area contributed by atoms with Crippen molar-refractivity contribution in [2.24, 2.45) is 11.3 Å². The summed E-state index contributed by atoms with van der Waals surface area (Å²) in [6.45, 7) is 19.4. The minimum atomic E-state index is -2.77. The number of hydrogen-bond acceptors (Lipinski definition) is 7. The van der Waals surface area contributed by atoms with E-state index in [0.29, 0.717) is 19.0 Å². The van der Waals surface area contributed by atoms with Crippen LogP contribution in [0.4, 0.5) is 11.5 Å². The molecule has 280 valence electrons. The van der Waals surface area contributed by atoms with Crippen LogP contribution in [-0.2, 0) is 18.7 Å². The van der Waals surface area contributed by atoms with E-state index in [0.717, 1.165) is 62.9 Å². The molecule has 3 aromatic carbocycles. The van der Waals surface area contributed by atoms with Crippen LogP contribution in [0.1, 0.15) is 59.4 Å². The minimum absolute atomic E-state index is 0.0654. The van der Waals surface area contributed by atoms with Gasteiger partial charge in [0.05, 0.1) is 24.9 Å². The molecule has 3 saturated heterocycles. The molecule has 1 aliphatic carbocycles. The lowest BCUT2D eigenvalue weighted by Crippen LogP contribution is -2.71. The second-order valence-corrected chi connectivity index (χ2v) is 21.7. The van der Waals surface area contributed by atoms with Crippen molar-refractivity contribution in [3.8, 4) is 0 Å². The first-order valence-corrected chi connectivity index (χ1v) is 21.5. The Morgan fingerprint density at radius 1 is 0.943 bits per heavy atom. The van der Waals surface area contributed by atoms with Crippen molar-refractivity contribution in [2.75, 3.05) is 56.3 Å². The maximum Gasteiger partial charge on any atom is 0.261 e. The molecule has 4 fully saturated rings. The van der Waals surface area contributed by atoms with Crippen LogP contribution >= 0.6 is 0 Å². The fraction of sp³-hybridized carbons (Fsp3) is 0.500. The molecule has 8 rings (SSSR count). The average Bonchev–Trinajstić information content (AvgIpc) is 3.71. The van der Waals surface area contributed by atoms with E-state index >= 15 is 0 Å². The van der Waals surface area contributed by atoms with E-state index in [1.165, 1.54) is 21.6 Å². The molecule has 4 aliphatic rings. The lowest BCUT2D eigenvalue weighted by molar-refractivity contribution is -0.118. The Morgan fingerprint density at radius 2 is 1.62 bits per heavy atom. The molecular formula is C44H56N4O4Si. The number of amides is 1. The molecule has 3 unspecified atom stereocenters. The number of nitrogens with one attached hydrogen (secondary N) is 1. The fourth-order valence-electron chi connectivity index (χ4n) is 9.72. The molecule has 3 aliphatic heterocycles. The van der Waals surface area contributed by atoms with Crippen molar-refractivity contribution in [1.29, 1.82) is 0 Å². The van der Waals surface area contributed by atoms with Gasteiger partial charge in [-0.05, 0) is 90.0 Å². The number of aryl methyl sites for hydroxylation is 1. The summed E-state index contributed by atoms with van der Waals surface area (Å²) in [6, 6.07) is 28.7. The number of fused-ring (bicyclic) bond motifs is 1. The van der Waals surface area contributed by atoms with Crippen molar-refractivity contribution < 1.29 is 18.7 Å². The normalized spacial score (nSPS) is 26.2. The van der Waals surface area contributed by atoms with Crippen LogP contribution < -0.4 is 20.6 Å². The van der Waals surface area contributed by atoms with E-state index in [4.69, 9.17) is 13.9 Å². The van der Waals surface area contributed by atoms with Gasteiger partial charge in [0.25, 0.3) is 8.32 Å². The summed E-state index contributed by atoms with van der Waals surface area (Å²) < 4.78 is 19.6. The van der Waals surface area contributed by atoms with Crippen molar-refractivity contribution in [1.82, 2.24) is 9.88 Å². The van der Waals surface area contributed by atoms with Gasteiger partial charge in [0.15, 0.2) is 0 Å². The van der Waals surface area contributed by atoms with Crippen LogP contribution in [-0.4, -0.2) is 87.9 Å². The number of piperazine rings is 1. The highest BCUT2D eigenvalue weighted by Crippen LogP contribution is 2.59. The first kappa shape index (κ1) is 36.4. The number of carbonyl (C=O) groups is 1. The highest BCUT2D eigenvalue weighted by Gasteiger charge is 2.58. The van der Waals surface area contributed by atoms with E-state index in [2.05, 4.69) is 134 Å². The number of aromatic nitrogens is 1. The first-order valence-electron chi connectivity index (χ1n) is 19.6. The van der Waals surface area contributed by atoms with E-state index in [1.54, 1.807) is 0 Å². The molecule has 0 bridgehead atoms. The number of benzene rings is 3. The van der Waals surface area contributed by atoms with Crippen LogP contribution in [0.2, 0.25) is 5.04 Å². The van der Waals surface area contributed by atoms with Crippen LogP contribution in [0, 0.1) is 18.3 Å². The Bertz CT molecular complexity index is 1910. The van der Waals surface area contributed by atoms with E-state index < -0.39 is 8.32 Å². The molecule has 9 heteroatoms. The molecule has 4 heterocycles. The Labute approximate surface area is 316 Å². The smallest absolute Gasteiger partial charge is 0.261 e. The largest absolute Gasteiger partial charge is 0.400 e. The number of pyridine rings is 1. The number of hydrogen-bond donors (Lipinski definition) is 1. The molecule has 1 saturated carbocycles. The van der Waals surface area contributed by atoms with Gasteiger partial charge < -0.3 is 24.1 Å². The predicted octanol–water partition coefficient (Wildman–Crippen LogP) is 6.54. The highest BCUT2D eigenvalue weighted by atomic mass is 28.4. The van der Waals surface area contributed by atoms with E-state index in [9.17, 15) is 4.79 Å². The summed E-state index contributed by atoms with van der Waals surface area (Å²) in [5, 5.41) is 7.82. The van der Waals surface area contributed by atoms with Gasteiger partial charge in [0.2, 0.25) is 5.91 Å². The molecule has 1 amide bonds. The predicted molar refractivity (Wildman–Crippen MR) is 216 cm³/mol. The van der Waals surface area contributed by atoms with Crippen LogP contribution in [0.25, 0.3) is 10.8 Å². The fourth-order valence-corrected chi connectivity index (χ4v) is 14.5. The van der Waals surface area contributed by atoms with Crippen molar-refractivity contribution in [2.45, 2.75) is 83.5 Å². The lowest BCUT2D eigenvalue weighted by Gasteiger charge is -2.52. The number of nitrogens with zero attached hydrogens (tertiary/aromatic N) is 3. The maximum atomic E-state index is 13.2. The van der Waals surface area contributed by atoms with Crippen LogP contribution in [0.15, 0.2) is 85.1 Å². The van der Waals surface area contributed by atoms with Crippen LogP contribution in [0.5, 0.6) is 0 Å². The van der Waals surface area contributed by atoms with Crippen LogP contribution in [0.3, 0.4) is 0 Å². The molecule has 8 nitrogen and oxygen atoms in total. The topological polar surface area (TPSA) is 76.2 Å². The summed E-state index contributed by atoms with van der Waals surface area (Å²) in [5.74, 6) is 0.790. The molecule has 53 heavy (non-hydrogen) atoms. The maximum absolute atomic E-state index is 13.2. The number of anilines is 2. The van der Waals surface area contributed by atoms with Gasteiger partial charge in [-0.25, -0.2) is 4.98 Å². The number of ether oxygens (including phenoxy) is 2. The second kappa shape index (κ2) is 13.9. The standard InChI is InChI=1S/C44H56N4O4Si/c1-31-23-34-27-45-40(46-41(49)37-26-44(37)17-21-50-22-18-44)25-33(34)24-38(31)48-20-19-47(28-32(48)2)43(6)30-51-29-39(43)52-53(42(3,4)5,35-13-9-7-10-14-35)36-15-11-8-12-16-36/h7-16,23-25,27,32,37,39H,17-22,26,28-30H2,1-6H3,(H,45,46,49)/t32-,37?,39?,43?/m0/s1. The number of rotatable bonds is 8. The summed E-state index contributed by atoms with van der Waals surface area (Å²) in [5.41, 5.74) is 2.34. The second-order valence-electron chi connectivity index (χ2n) is 17.4. The molecule has 0 radical (unpaired) electrons. The summed E-state index contributed by atoms with van der Waals surface area (Å²) in [7, 11) is -2.77. The summed E-state index contributed by atoms with van der Waals surface area (Å²) in [6.07, 6.45) is 4.73. The van der Waals surface area contributed by atoms with Gasteiger partial charge >= 0.3 is 0 Å². The third-order valence-corrected chi connectivity index (χ3v) is 18.1. The number of carbonyl (C=O) groups excluding carboxylic acids is 1. The molecule has 1 spiro atoms. The van der Waals surface area contributed by atoms with Gasteiger partial charge in [-0.1, -0.05) is 81.4 Å². The summed E-state index contributed by atoms with van der Waals surface area (Å²) >= 11 is 0. The molecule has 4 aromatic rings. The van der Waals surface area contributed by atoms with Crippen molar-refractivity contribution in [3.63, 3.8) is 0 Å². The Balaban J connectivity index is 1.01. The van der Waals surface area contributed by atoms with Gasteiger partial charge in [-0.2, -0.15) is 0 Å². The van der Waals surface area contributed by atoms with E-state index in [1.807, 2.05) is 12.3 Å². The van der Waals surface area contributed by atoms with Gasteiger partial charge in [0.1, 0.15) is 5.82 Å². The van der Waals surface area contributed by atoms with Crippen molar-refractivity contribution >= 4 is 46.9 Å². The third kappa shape index (κ3) is 6.52. The zero-order chi connectivity index (χ0) is 37.0. The third-order valence-electron chi connectivity index (χ3n) is 13.0. The van der Waals surface area contributed by atoms with Gasteiger partial charge in [-0.15, -0.1) is 0 Å². The lowest BCUT2D eigenvalue weighted by atomic mass is 9.93. The molecule has 1 N–H and O–H groups in total. The Hall–Kier alpha value is -3.60. The molecule has 1 aromatic heterocycles. The Morgan fingerprint density at radius 3 is 2.26 bits per heavy atom. The molecular weight excluding hydrogens is 677 g/mol. The van der Waals surface area contributed by atoms with E-state index in [-0.39, 0.29) is 40.0 Å². The van der Waals surface area contributed by atoms with Gasteiger partial charge in [-0.3, -0.25) is 9.69 Å².